The lowest BCUT2D eigenvalue weighted by atomic mass is 10.1. The molecule has 0 saturated heterocycles. The molecule has 1 atom stereocenters. The molecule has 21 heavy (non-hydrogen) atoms. The summed E-state index contributed by atoms with van der Waals surface area (Å²) < 4.78 is 0. The Kier molecular flexibility index (Phi) is 4.94. The number of nitro groups is 1. The van der Waals surface area contributed by atoms with Gasteiger partial charge in [0, 0.05) is 22.3 Å². The summed E-state index contributed by atoms with van der Waals surface area (Å²) in [6.07, 6.45) is -0.0443. The third-order valence-corrected chi connectivity index (χ3v) is 4.12. The molecule has 1 N–H and O–H groups in total. The summed E-state index contributed by atoms with van der Waals surface area (Å²) >= 11 is 1.43. The molecule has 0 aliphatic heterocycles. The van der Waals surface area contributed by atoms with Gasteiger partial charge < -0.3 is 5.11 Å². The van der Waals surface area contributed by atoms with Gasteiger partial charge in [0.15, 0.2) is 0 Å². The highest BCUT2D eigenvalue weighted by Gasteiger charge is 2.18. The first-order valence-corrected chi connectivity index (χ1v) is 7.12. The number of aliphatic carboxylic acids is 1. The van der Waals surface area contributed by atoms with E-state index in [2.05, 4.69) is 0 Å². The molecule has 0 amide bonds. The first kappa shape index (κ1) is 15.1. The van der Waals surface area contributed by atoms with Crippen molar-refractivity contribution in [3.63, 3.8) is 0 Å². The maximum absolute atomic E-state index is 11.0. The van der Waals surface area contributed by atoms with Gasteiger partial charge in [0.1, 0.15) is 0 Å². The Morgan fingerprint density at radius 3 is 2.29 bits per heavy atom. The van der Waals surface area contributed by atoms with E-state index in [9.17, 15) is 14.9 Å². The van der Waals surface area contributed by atoms with Crippen molar-refractivity contribution in [3.05, 3.63) is 70.3 Å². The first-order chi connectivity index (χ1) is 10.1. The quantitative estimate of drug-likeness (QED) is 0.497. The number of carboxylic acids is 1. The molecule has 0 heterocycles. The van der Waals surface area contributed by atoms with E-state index in [1.165, 1.54) is 23.9 Å². The van der Waals surface area contributed by atoms with Crippen molar-refractivity contribution in [3.8, 4) is 0 Å². The maximum atomic E-state index is 11.0. The number of benzene rings is 2. The van der Waals surface area contributed by atoms with Gasteiger partial charge >= 0.3 is 5.97 Å². The predicted octanol–water partition coefficient (Wildman–Crippen LogP) is 3.90. The number of carboxylic acid groups (broad SMARTS) is 1. The number of hydrogen-bond acceptors (Lipinski definition) is 4. The maximum Gasteiger partial charge on any atom is 0.304 e. The Balaban J connectivity index is 2.22. The number of carbonyl (C=O) groups is 1. The van der Waals surface area contributed by atoms with Gasteiger partial charge in [-0.15, -0.1) is 11.8 Å². The molecule has 0 aliphatic carbocycles. The van der Waals surface area contributed by atoms with Gasteiger partial charge in [0.05, 0.1) is 11.3 Å². The molecule has 0 aromatic heterocycles. The average molecular weight is 303 g/mol. The largest absolute Gasteiger partial charge is 0.481 e. The van der Waals surface area contributed by atoms with Gasteiger partial charge in [-0.05, 0) is 17.7 Å². The third-order valence-electron chi connectivity index (χ3n) is 2.86. The van der Waals surface area contributed by atoms with Crippen molar-refractivity contribution in [2.45, 2.75) is 16.6 Å². The van der Waals surface area contributed by atoms with Crippen LogP contribution in [0.25, 0.3) is 0 Å². The minimum Gasteiger partial charge on any atom is -0.481 e. The van der Waals surface area contributed by atoms with E-state index in [4.69, 9.17) is 5.11 Å². The highest BCUT2D eigenvalue weighted by atomic mass is 32.2. The standard InChI is InChI=1S/C15H13NO4S/c17-15(18)10-14(21-13-4-2-1-3-5-13)11-6-8-12(9-7-11)16(19)20/h1-9,14H,10H2,(H,17,18). The summed E-state index contributed by atoms with van der Waals surface area (Å²) in [7, 11) is 0. The molecule has 108 valence electrons. The molecule has 0 radical (unpaired) electrons. The summed E-state index contributed by atoms with van der Waals surface area (Å²) in [4.78, 5) is 22.2. The summed E-state index contributed by atoms with van der Waals surface area (Å²) in [6, 6.07) is 15.5. The van der Waals surface area contributed by atoms with E-state index in [0.717, 1.165) is 10.5 Å². The summed E-state index contributed by atoms with van der Waals surface area (Å²) in [6.45, 7) is 0. The van der Waals surface area contributed by atoms with Crippen molar-refractivity contribution in [1.29, 1.82) is 0 Å². The van der Waals surface area contributed by atoms with Gasteiger partial charge in [-0.25, -0.2) is 0 Å². The van der Waals surface area contributed by atoms with Crippen molar-refractivity contribution in [2.24, 2.45) is 0 Å². The van der Waals surface area contributed by atoms with Crippen molar-refractivity contribution >= 4 is 23.4 Å². The highest BCUT2D eigenvalue weighted by molar-refractivity contribution is 7.99. The Labute approximate surface area is 125 Å². The van der Waals surface area contributed by atoms with E-state index >= 15 is 0 Å². The SMILES string of the molecule is O=C(O)CC(Sc1ccccc1)c1ccc([N+](=O)[O-])cc1. The number of rotatable bonds is 6. The molecular formula is C15H13NO4S. The van der Waals surface area contributed by atoms with Crippen LogP contribution in [-0.4, -0.2) is 16.0 Å². The summed E-state index contributed by atoms with van der Waals surface area (Å²) in [5, 5.41) is 19.4. The Morgan fingerprint density at radius 2 is 1.76 bits per heavy atom. The Morgan fingerprint density at radius 1 is 1.14 bits per heavy atom. The summed E-state index contributed by atoms with van der Waals surface area (Å²) in [5.74, 6) is -0.901. The molecule has 2 rings (SSSR count). The van der Waals surface area contributed by atoms with Crippen LogP contribution in [0.1, 0.15) is 17.2 Å². The molecule has 0 saturated carbocycles. The second-order valence-corrected chi connectivity index (χ2v) is 5.64. The number of nitro benzene ring substituents is 1. The van der Waals surface area contributed by atoms with E-state index in [-0.39, 0.29) is 17.4 Å². The van der Waals surface area contributed by atoms with Crippen molar-refractivity contribution < 1.29 is 14.8 Å². The lowest BCUT2D eigenvalue weighted by Crippen LogP contribution is -2.03. The van der Waals surface area contributed by atoms with Crippen molar-refractivity contribution in [2.75, 3.05) is 0 Å². The van der Waals surface area contributed by atoms with Crippen LogP contribution in [0.5, 0.6) is 0 Å². The molecular weight excluding hydrogens is 290 g/mol. The fourth-order valence-electron chi connectivity index (χ4n) is 1.86. The molecule has 2 aromatic rings. The fraction of sp³-hybridized carbons (Fsp3) is 0.133. The van der Waals surface area contributed by atoms with Crippen LogP contribution in [0, 0.1) is 10.1 Å². The number of nitrogens with zero attached hydrogens (tertiary/aromatic N) is 1. The smallest absolute Gasteiger partial charge is 0.304 e. The van der Waals surface area contributed by atoms with Crippen molar-refractivity contribution in [1.82, 2.24) is 0 Å². The Bertz CT molecular complexity index is 628. The van der Waals surface area contributed by atoms with E-state index < -0.39 is 10.9 Å². The monoisotopic (exact) mass is 303 g/mol. The molecule has 2 aromatic carbocycles. The molecule has 0 spiro atoms. The van der Waals surface area contributed by atoms with Gasteiger partial charge in [-0.2, -0.15) is 0 Å². The van der Waals surface area contributed by atoms with E-state index in [1.54, 1.807) is 12.1 Å². The van der Waals surface area contributed by atoms with Crippen LogP contribution < -0.4 is 0 Å². The normalized spacial score (nSPS) is 11.8. The minimum absolute atomic E-state index is 0.00228. The van der Waals surface area contributed by atoms with Gasteiger partial charge in [0.25, 0.3) is 5.69 Å². The second-order valence-electron chi connectivity index (χ2n) is 4.37. The highest BCUT2D eigenvalue weighted by Crippen LogP contribution is 2.38. The Hall–Kier alpha value is -2.34. The molecule has 1 unspecified atom stereocenters. The molecule has 5 nitrogen and oxygen atoms in total. The lowest BCUT2D eigenvalue weighted by molar-refractivity contribution is -0.384. The van der Waals surface area contributed by atoms with Crippen LogP contribution in [0.2, 0.25) is 0 Å². The molecule has 6 heteroatoms. The van der Waals surface area contributed by atoms with Crippen LogP contribution in [-0.2, 0) is 4.79 Å². The average Bonchev–Trinajstić information content (AvgIpc) is 2.47. The molecule has 0 bridgehead atoms. The zero-order valence-electron chi connectivity index (χ0n) is 11.0. The third kappa shape index (κ3) is 4.32. The van der Waals surface area contributed by atoms with Crippen LogP contribution >= 0.6 is 11.8 Å². The topological polar surface area (TPSA) is 80.4 Å². The minimum atomic E-state index is -0.901. The van der Waals surface area contributed by atoms with E-state index in [0.29, 0.717) is 0 Å². The predicted molar refractivity (Wildman–Crippen MR) is 80.4 cm³/mol. The van der Waals surface area contributed by atoms with E-state index in [1.807, 2.05) is 30.3 Å². The van der Waals surface area contributed by atoms with Gasteiger partial charge in [-0.1, -0.05) is 30.3 Å². The van der Waals surface area contributed by atoms with Crippen LogP contribution in [0.15, 0.2) is 59.5 Å². The summed E-state index contributed by atoms with van der Waals surface area (Å²) in [5.41, 5.74) is 0.759. The number of hydrogen-bond donors (Lipinski definition) is 1. The van der Waals surface area contributed by atoms with Crippen LogP contribution in [0.3, 0.4) is 0 Å². The zero-order valence-corrected chi connectivity index (χ0v) is 11.8. The number of non-ortho nitro benzene ring substituents is 1. The second kappa shape index (κ2) is 6.90. The number of thioether (sulfide) groups is 1. The first-order valence-electron chi connectivity index (χ1n) is 6.24. The van der Waals surface area contributed by atoms with Gasteiger partial charge in [-0.3, -0.25) is 14.9 Å². The zero-order chi connectivity index (χ0) is 15.2. The van der Waals surface area contributed by atoms with Crippen LogP contribution in [0.4, 0.5) is 5.69 Å². The molecule has 0 aliphatic rings. The fourth-order valence-corrected chi connectivity index (χ4v) is 3.02. The molecule has 0 fully saturated rings. The lowest BCUT2D eigenvalue weighted by Gasteiger charge is -2.15. The van der Waals surface area contributed by atoms with Gasteiger partial charge in [0.2, 0.25) is 0 Å².